The average molecular weight is 282 g/mol. The second kappa shape index (κ2) is 5.40. The van der Waals surface area contributed by atoms with E-state index in [-0.39, 0.29) is 12.5 Å². The summed E-state index contributed by atoms with van der Waals surface area (Å²) in [4.78, 5) is 36.4. The Morgan fingerprint density at radius 2 is 2.00 bits per heavy atom. The maximum absolute atomic E-state index is 12.2. The Hall–Kier alpha value is -1.89. The molecule has 3 N–H and O–H groups in total. The summed E-state index contributed by atoms with van der Waals surface area (Å²) in [7, 11) is 0. The number of carbonyl (C=O) groups is 3. The molecule has 0 spiro atoms. The van der Waals surface area contributed by atoms with Gasteiger partial charge < -0.3 is 15.7 Å². The van der Waals surface area contributed by atoms with Gasteiger partial charge in [-0.15, -0.1) is 11.3 Å². The van der Waals surface area contributed by atoms with Crippen molar-refractivity contribution in [3.8, 4) is 0 Å². The van der Waals surface area contributed by atoms with Crippen LogP contribution in [-0.4, -0.2) is 40.9 Å². The molecular formula is C12H14N2O4S. The SMILES string of the molecule is NC(=O)c1ccc(C(=O)N2CCC[C@@H](C(=O)O)C2)s1. The van der Waals surface area contributed by atoms with Crippen LogP contribution in [0.1, 0.15) is 32.2 Å². The zero-order chi connectivity index (χ0) is 14.0. The molecule has 0 aromatic carbocycles. The van der Waals surface area contributed by atoms with Crippen molar-refractivity contribution in [1.82, 2.24) is 4.90 Å². The summed E-state index contributed by atoms with van der Waals surface area (Å²) in [6.45, 7) is 0.768. The lowest BCUT2D eigenvalue weighted by Crippen LogP contribution is -2.42. The fraction of sp³-hybridized carbons (Fsp3) is 0.417. The Morgan fingerprint density at radius 3 is 2.58 bits per heavy atom. The van der Waals surface area contributed by atoms with E-state index < -0.39 is 17.8 Å². The molecule has 2 rings (SSSR count). The Labute approximate surface area is 113 Å². The molecule has 0 bridgehead atoms. The monoisotopic (exact) mass is 282 g/mol. The lowest BCUT2D eigenvalue weighted by molar-refractivity contribution is -0.143. The molecule has 1 fully saturated rings. The van der Waals surface area contributed by atoms with Crippen molar-refractivity contribution in [2.45, 2.75) is 12.8 Å². The zero-order valence-corrected chi connectivity index (χ0v) is 11.0. The highest BCUT2D eigenvalue weighted by Gasteiger charge is 2.29. The number of rotatable bonds is 3. The number of carboxylic acids is 1. The molecule has 102 valence electrons. The highest BCUT2D eigenvalue weighted by molar-refractivity contribution is 7.15. The number of hydrogen-bond acceptors (Lipinski definition) is 4. The van der Waals surface area contributed by atoms with Crippen molar-refractivity contribution in [2.24, 2.45) is 11.7 Å². The summed E-state index contributed by atoms with van der Waals surface area (Å²) < 4.78 is 0. The molecule has 0 unspecified atom stereocenters. The van der Waals surface area contributed by atoms with Gasteiger partial charge in [0.15, 0.2) is 0 Å². The molecule has 1 atom stereocenters. The van der Waals surface area contributed by atoms with Crippen LogP contribution in [0.25, 0.3) is 0 Å². The minimum Gasteiger partial charge on any atom is -0.481 e. The van der Waals surface area contributed by atoms with Gasteiger partial charge in [0.25, 0.3) is 11.8 Å². The van der Waals surface area contributed by atoms with Gasteiger partial charge in [-0.05, 0) is 25.0 Å². The molecule has 0 radical (unpaired) electrons. The standard InChI is InChI=1S/C12H14N2O4S/c13-10(15)8-3-4-9(19-8)11(16)14-5-1-2-7(6-14)12(17)18/h3-4,7H,1-2,5-6H2,(H2,13,15)(H,17,18)/t7-/m1/s1. The van der Waals surface area contributed by atoms with Crippen LogP contribution in [-0.2, 0) is 4.79 Å². The molecule has 6 nitrogen and oxygen atoms in total. The second-order valence-corrected chi connectivity index (χ2v) is 5.54. The van der Waals surface area contributed by atoms with Gasteiger partial charge in [0.05, 0.1) is 15.7 Å². The van der Waals surface area contributed by atoms with Crippen LogP contribution in [0.4, 0.5) is 0 Å². The van der Waals surface area contributed by atoms with Gasteiger partial charge in [0.1, 0.15) is 0 Å². The van der Waals surface area contributed by atoms with Crippen LogP contribution >= 0.6 is 11.3 Å². The van der Waals surface area contributed by atoms with Crippen molar-refractivity contribution >= 4 is 29.1 Å². The minimum atomic E-state index is -0.874. The third-order valence-corrected chi connectivity index (χ3v) is 4.21. The van der Waals surface area contributed by atoms with Gasteiger partial charge in [-0.25, -0.2) is 0 Å². The molecule has 1 aliphatic rings. The second-order valence-electron chi connectivity index (χ2n) is 4.46. The molecule has 7 heteroatoms. The van der Waals surface area contributed by atoms with E-state index in [4.69, 9.17) is 10.8 Å². The Morgan fingerprint density at radius 1 is 1.32 bits per heavy atom. The summed E-state index contributed by atoms with van der Waals surface area (Å²) in [5.41, 5.74) is 5.14. The summed E-state index contributed by atoms with van der Waals surface area (Å²) in [6.07, 6.45) is 1.27. The molecular weight excluding hydrogens is 268 g/mol. The largest absolute Gasteiger partial charge is 0.481 e. The predicted octanol–water partition coefficient (Wildman–Crippen LogP) is 0.784. The van der Waals surface area contributed by atoms with Crippen molar-refractivity contribution in [1.29, 1.82) is 0 Å². The molecule has 0 aliphatic carbocycles. The van der Waals surface area contributed by atoms with Gasteiger partial charge in [0.2, 0.25) is 0 Å². The van der Waals surface area contributed by atoms with E-state index in [9.17, 15) is 14.4 Å². The summed E-state index contributed by atoms with van der Waals surface area (Å²) in [6, 6.07) is 3.07. The number of carbonyl (C=O) groups excluding carboxylic acids is 2. The number of nitrogens with zero attached hydrogens (tertiary/aromatic N) is 1. The van der Waals surface area contributed by atoms with E-state index in [0.29, 0.717) is 29.1 Å². The third-order valence-electron chi connectivity index (χ3n) is 3.12. The fourth-order valence-corrected chi connectivity index (χ4v) is 2.93. The average Bonchev–Trinajstić information content (AvgIpc) is 2.87. The number of primary amides is 1. The quantitative estimate of drug-likeness (QED) is 0.855. The van der Waals surface area contributed by atoms with Gasteiger partial charge in [-0.1, -0.05) is 0 Å². The molecule has 2 amide bonds. The first-order valence-electron chi connectivity index (χ1n) is 5.90. The maximum Gasteiger partial charge on any atom is 0.308 e. The Bertz CT molecular complexity index is 526. The molecule has 19 heavy (non-hydrogen) atoms. The van der Waals surface area contributed by atoms with Crippen molar-refractivity contribution in [2.75, 3.05) is 13.1 Å². The topological polar surface area (TPSA) is 101 Å². The molecule has 1 saturated heterocycles. The number of hydrogen-bond donors (Lipinski definition) is 2. The Kier molecular flexibility index (Phi) is 3.84. The molecule has 1 aromatic heterocycles. The van der Waals surface area contributed by atoms with Crippen LogP contribution in [0.15, 0.2) is 12.1 Å². The first kappa shape index (κ1) is 13.5. The smallest absolute Gasteiger partial charge is 0.308 e. The summed E-state index contributed by atoms with van der Waals surface area (Å²) in [5, 5.41) is 8.99. The van der Waals surface area contributed by atoms with E-state index in [1.165, 1.54) is 11.0 Å². The molecule has 1 aliphatic heterocycles. The lowest BCUT2D eigenvalue weighted by Gasteiger charge is -2.30. The molecule has 0 saturated carbocycles. The van der Waals surface area contributed by atoms with Crippen LogP contribution < -0.4 is 5.73 Å². The maximum atomic E-state index is 12.2. The molecule has 1 aromatic rings. The fourth-order valence-electron chi connectivity index (χ4n) is 2.10. The number of carboxylic acid groups (broad SMARTS) is 1. The summed E-state index contributed by atoms with van der Waals surface area (Å²) >= 11 is 1.04. The summed E-state index contributed by atoms with van der Waals surface area (Å²) in [5.74, 6) is -2.18. The highest BCUT2D eigenvalue weighted by atomic mass is 32.1. The van der Waals surface area contributed by atoms with E-state index in [0.717, 1.165) is 11.3 Å². The zero-order valence-electron chi connectivity index (χ0n) is 10.2. The molecule has 2 heterocycles. The van der Waals surface area contributed by atoms with Gasteiger partial charge in [-0.2, -0.15) is 0 Å². The number of likely N-dealkylation sites (tertiary alicyclic amines) is 1. The predicted molar refractivity (Wildman–Crippen MR) is 69.1 cm³/mol. The normalized spacial score (nSPS) is 19.2. The van der Waals surface area contributed by atoms with E-state index in [1.54, 1.807) is 6.07 Å². The van der Waals surface area contributed by atoms with E-state index >= 15 is 0 Å². The van der Waals surface area contributed by atoms with Crippen LogP contribution in [0.5, 0.6) is 0 Å². The minimum absolute atomic E-state index is 0.220. The highest BCUT2D eigenvalue weighted by Crippen LogP contribution is 2.22. The number of nitrogens with two attached hydrogens (primary N) is 1. The number of amides is 2. The van der Waals surface area contributed by atoms with Gasteiger partial charge in [-0.3, -0.25) is 14.4 Å². The van der Waals surface area contributed by atoms with Gasteiger partial charge >= 0.3 is 5.97 Å². The Balaban J connectivity index is 2.10. The number of thiophene rings is 1. The van der Waals surface area contributed by atoms with Crippen LogP contribution in [0.2, 0.25) is 0 Å². The lowest BCUT2D eigenvalue weighted by atomic mass is 9.98. The van der Waals surface area contributed by atoms with Crippen LogP contribution in [0.3, 0.4) is 0 Å². The number of piperidine rings is 1. The third kappa shape index (κ3) is 2.93. The van der Waals surface area contributed by atoms with Crippen molar-refractivity contribution in [3.63, 3.8) is 0 Å². The van der Waals surface area contributed by atoms with Crippen molar-refractivity contribution in [3.05, 3.63) is 21.9 Å². The van der Waals surface area contributed by atoms with Crippen molar-refractivity contribution < 1.29 is 19.5 Å². The first-order valence-corrected chi connectivity index (χ1v) is 6.72. The van der Waals surface area contributed by atoms with Gasteiger partial charge in [0, 0.05) is 13.1 Å². The first-order chi connectivity index (χ1) is 8.99. The van der Waals surface area contributed by atoms with E-state index in [1.807, 2.05) is 0 Å². The van der Waals surface area contributed by atoms with E-state index in [2.05, 4.69) is 0 Å². The number of aliphatic carboxylic acids is 1. The van der Waals surface area contributed by atoms with Crippen LogP contribution in [0, 0.1) is 5.92 Å².